The molecule has 1 aliphatic heterocycles. The van der Waals surface area contributed by atoms with Crippen molar-refractivity contribution in [2.75, 3.05) is 13.7 Å². The molecule has 2 heterocycles. The quantitative estimate of drug-likeness (QED) is 0.211. The number of esters is 1. The molecular weight excluding hydrogens is 595 g/mol. The molecule has 0 saturated heterocycles. The van der Waals surface area contributed by atoms with Crippen molar-refractivity contribution in [3.8, 4) is 11.5 Å². The molecule has 0 saturated carbocycles. The number of ether oxygens (including phenoxy) is 3. The maximum atomic E-state index is 13.9. The highest BCUT2D eigenvalue weighted by atomic mass is 35.5. The monoisotopic (exact) mass is 622 g/mol. The fourth-order valence-corrected chi connectivity index (χ4v) is 6.20. The van der Waals surface area contributed by atoms with Crippen LogP contribution in [0.2, 0.25) is 10.0 Å². The van der Waals surface area contributed by atoms with E-state index in [0.29, 0.717) is 60.7 Å². The van der Waals surface area contributed by atoms with E-state index in [1.807, 2.05) is 56.3 Å². The molecule has 0 N–H and O–H groups in total. The van der Waals surface area contributed by atoms with Crippen LogP contribution in [0.4, 0.5) is 0 Å². The lowest BCUT2D eigenvalue weighted by Crippen LogP contribution is -2.40. The number of hydrogen-bond donors (Lipinski definition) is 0. The zero-order valence-electron chi connectivity index (χ0n) is 23.2. The fourth-order valence-electron chi connectivity index (χ4n) is 4.78. The summed E-state index contributed by atoms with van der Waals surface area (Å²) in [7, 11) is 1.33. The first-order valence-electron chi connectivity index (χ1n) is 13.4. The molecule has 5 rings (SSSR count). The summed E-state index contributed by atoms with van der Waals surface area (Å²) in [4.78, 5) is 32.1. The minimum absolute atomic E-state index is 0.274. The Morgan fingerprint density at radius 2 is 1.79 bits per heavy atom. The average Bonchev–Trinajstić information content (AvgIpc) is 3.30. The van der Waals surface area contributed by atoms with Crippen molar-refractivity contribution in [3.05, 3.63) is 124 Å². The van der Waals surface area contributed by atoms with Gasteiger partial charge in [0.05, 0.1) is 40.6 Å². The Bertz CT molecular complexity index is 1830. The summed E-state index contributed by atoms with van der Waals surface area (Å²) >= 11 is 13.9. The molecule has 216 valence electrons. The van der Waals surface area contributed by atoms with Crippen LogP contribution in [-0.4, -0.2) is 24.3 Å². The molecule has 0 radical (unpaired) electrons. The van der Waals surface area contributed by atoms with Crippen LogP contribution in [0.1, 0.15) is 43.0 Å². The second kappa shape index (κ2) is 13.0. The number of carbonyl (C=O) groups excluding carboxylic acids is 1. The van der Waals surface area contributed by atoms with Crippen LogP contribution < -0.4 is 24.4 Å². The first kappa shape index (κ1) is 29.6. The third-order valence-corrected chi connectivity index (χ3v) is 8.21. The smallest absolute Gasteiger partial charge is 0.338 e. The number of allylic oxidation sites excluding steroid dienone is 1. The number of nitrogens with zero attached hydrogens (tertiary/aromatic N) is 2. The summed E-state index contributed by atoms with van der Waals surface area (Å²) in [6, 6.07) is 19.6. The Hall–Kier alpha value is -3.85. The molecule has 0 amide bonds. The summed E-state index contributed by atoms with van der Waals surface area (Å²) in [5, 5.41) is 0.987. The van der Waals surface area contributed by atoms with Crippen LogP contribution in [-0.2, 0) is 16.1 Å². The van der Waals surface area contributed by atoms with Gasteiger partial charge in [0.2, 0.25) is 0 Å². The summed E-state index contributed by atoms with van der Waals surface area (Å²) in [5.74, 6) is 0.355. The van der Waals surface area contributed by atoms with Crippen LogP contribution in [0, 0.1) is 0 Å². The van der Waals surface area contributed by atoms with E-state index in [0.717, 1.165) is 11.1 Å². The summed E-state index contributed by atoms with van der Waals surface area (Å²) in [6.45, 7) is 4.46. The average molecular weight is 624 g/mol. The molecular formula is C32H28Cl2N2O5S. The van der Waals surface area contributed by atoms with Crippen molar-refractivity contribution in [3.63, 3.8) is 0 Å². The number of hydrogen-bond acceptors (Lipinski definition) is 7. The van der Waals surface area contributed by atoms with Crippen molar-refractivity contribution in [2.24, 2.45) is 4.99 Å². The summed E-state index contributed by atoms with van der Waals surface area (Å²) in [5.41, 5.74) is 3.04. The first-order chi connectivity index (χ1) is 20.3. The van der Waals surface area contributed by atoms with Gasteiger partial charge in [-0.1, -0.05) is 83.9 Å². The minimum Gasteiger partial charge on any atom is -0.490 e. The van der Waals surface area contributed by atoms with Gasteiger partial charge in [-0.05, 0) is 60.4 Å². The van der Waals surface area contributed by atoms with E-state index in [4.69, 9.17) is 42.4 Å². The number of benzene rings is 3. The van der Waals surface area contributed by atoms with Gasteiger partial charge in [0.1, 0.15) is 6.61 Å². The number of halogens is 2. The van der Waals surface area contributed by atoms with Crippen molar-refractivity contribution in [1.82, 2.24) is 4.57 Å². The molecule has 1 atom stereocenters. The maximum absolute atomic E-state index is 13.9. The van der Waals surface area contributed by atoms with Gasteiger partial charge in [0.15, 0.2) is 16.3 Å². The lowest BCUT2D eigenvalue weighted by atomic mass is 9.95. The zero-order valence-corrected chi connectivity index (χ0v) is 25.6. The van der Waals surface area contributed by atoms with Crippen LogP contribution in [0.5, 0.6) is 11.5 Å². The van der Waals surface area contributed by atoms with E-state index in [1.54, 1.807) is 34.9 Å². The van der Waals surface area contributed by atoms with Crippen molar-refractivity contribution in [2.45, 2.75) is 32.9 Å². The molecule has 0 bridgehead atoms. The molecule has 0 aliphatic carbocycles. The standard InChI is InChI=1S/C32H28Cl2N2O5S/c1-4-24-27(31(38)39-3)28(21-9-7-6-8-10-21)36-30(37)26(42-32(36)35-24)17-20-15-23(34)29(25(16-20)40-5-2)41-18-19-11-13-22(33)14-12-19/h6-17,28H,4-5,18H2,1-3H3/b26-17-/t28-/m1/s1. The molecule has 3 aromatic carbocycles. The molecule has 10 heteroatoms. The van der Waals surface area contributed by atoms with Gasteiger partial charge in [0, 0.05) is 5.02 Å². The lowest BCUT2D eigenvalue weighted by molar-refractivity contribution is -0.136. The third-order valence-electron chi connectivity index (χ3n) is 6.69. The highest BCUT2D eigenvalue weighted by molar-refractivity contribution is 7.07. The van der Waals surface area contributed by atoms with Gasteiger partial charge in [0.25, 0.3) is 5.56 Å². The Kier molecular flexibility index (Phi) is 9.16. The van der Waals surface area contributed by atoms with E-state index in [9.17, 15) is 9.59 Å². The number of aromatic nitrogens is 1. The number of methoxy groups -OCH3 is 1. The SMILES string of the molecule is CCOc1cc(/C=c2\sc3n(c2=O)[C@H](c2ccccc2)C(C(=O)OC)=C(CC)N=3)cc(Cl)c1OCc1ccc(Cl)cc1. The van der Waals surface area contributed by atoms with Gasteiger partial charge >= 0.3 is 5.97 Å². The van der Waals surface area contributed by atoms with Gasteiger partial charge in [-0.2, -0.15) is 0 Å². The molecule has 42 heavy (non-hydrogen) atoms. The molecule has 0 unspecified atom stereocenters. The second-order valence-corrected chi connectivity index (χ2v) is 11.2. The molecule has 0 spiro atoms. The number of thiazole rings is 1. The predicted molar refractivity (Wildman–Crippen MR) is 165 cm³/mol. The van der Waals surface area contributed by atoms with E-state index in [-0.39, 0.29) is 12.2 Å². The van der Waals surface area contributed by atoms with Crippen molar-refractivity contribution in [1.29, 1.82) is 0 Å². The zero-order chi connectivity index (χ0) is 29.8. The van der Waals surface area contributed by atoms with E-state index < -0.39 is 12.0 Å². The highest BCUT2D eigenvalue weighted by Crippen LogP contribution is 2.38. The van der Waals surface area contributed by atoms with Gasteiger partial charge in [-0.25, -0.2) is 9.79 Å². The molecule has 1 aromatic heterocycles. The van der Waals surface area contributed by atoms with Crippen LogP contribution in [0.15, 0.2) is 87.8 Å². The summed E-state index contributed by atoms with van der Waals surface area (Å²) in [6.07, 6.45) is 2.25. The number of carbonyl (C=O) groups is 1. The maximum Gasteiger partial charge on any atom is 0.338 e. The predicted octanol–water partition coefficient (Wildman–Crippen LogP) is 6.08. The van der Waals surface area contributed by atoms with Gasteiger partial charge in [-0.3, -0.25) is 9.36 Å². The van der Waals surface area contributed by atoms with Crippen molar-refractivity contribution < 1.29 is 19.0 Å². The van der Waals surface area contributed by atoms with Crippen molar-refractivity contribution >= 4 is 46.6 Å². The molecule has 4 aromatic rings. The first-order valence-corrected chi connectivity index (χ1v) is 14.9. The number of fused-ring (bicyclic) bond motifs is 1. The Morgan fingerprint density at radius 1 is 1.05 bits per heavy atom. The van der Waals surface area contributed by atoms with E-state index in [2.05, 4.69) is 0 Å². The van der Waals surface area contributed by atoms with E-state index in [1.165, 1.54) is 18.4 Å². The Morgan fingerprint density at radius 3 is 2.45 bits per heavy atom. The molecule has 0 fully saturated rings. The summed E-state index contributed by atoms with van der Waals surface area (Å²) < 4.78 is 19.0. The van der Waals surface area contributed by atoms with Crippen LogP contribution in [0.25, 0.3) is 6.08 Å². The minimum atomic E-state index is -0.668. The van der Waals surface area contributed by atoms with Gasteiger partial charge in [-0.15, -0.1) is 0 Å². The number of rotatable bonds is 9. The third kappa shape index (κ3) is 6.02. The fraction of sp³-hybridized carbons (Fsp3) is 0.219. The normalized spacial score (nSPS) is 14.8. The lowest BCUT2D eigenvalue weighted by Gasteiger charge is -2.25. The second-order valence-electron chi connectivity index (χ2n) is 9.38. The molecule has 1 aliphatic rings. The highest BCUT2D eigenvalue weighted by Gasteiger charge is 2.33. The van der Waals surface area contributed by atoms with Crippen LogP contribution >= 0.6 is 34.5 Å². The largest absolute Gasteiger partial charge is 0.490 e. The Balaban J connectivity index is 1.59. The van der Waals surface area contributed by atoms with E-state index >= 15 is 0 Å². The van der Waals surface area contributed by atoms with Crippen LogP contribution in [0.3, 0.4) is 0 Å². The topological polar surface area (TPSA) is 79.1 Å². The van der Waals surface area contributed by atoms with Gasteiger partial charge < -0.3 is 14.2 Å². The molecule has 7 nitrogen and oxygen atoms in total. The Labute approximate surface area is 256 Å².